The second-order valence-electron chi connectivity index (χ2n) is 2.43. The SMILES string of the molecule is C=C(C)c1ccc(C#N)c(Cl)n1. The number of nitriles is 1. The molecule has 1 aromatic rings. The fourth-order valence-corrected chi connectivity index (χ4v) is 0.952. The zero-order valence-electron chi connectivity index (χ0n) is 6.63. The Morgan fingerprint density at radius 2 is 2.33 bits per heavy atom. The molecule has 0 amide bonds. The number of rotatable bonds is 1. The Kier molecular flexibility index (Phi) is 2.47. The highest BCUT2D eigenvalue weighted by molar-refractivity contribution is 6.30. The predicted octanol–water partition coefficient (Wildman–Crippen LogP) is 2.64. The van der Waals surface area contributed by atoms with Gasteiger partial charge < -0.3 is 0 Å². The first-order valence-electron chi connectivity index (χ1n) is 3.37. The van der Waals surface area contributed by atoms with Crippen molar-refractivity contribution in [2.45, 2.75) is 6.92 Å². The second-order valence-corrected chi connectivity index (χ2v) is 2.79. The lowest BCUT2D eigenvalue weighted by Gasteiger charge is -1.99. The summed E-state index contributed by atoms with van der Waals surface area (Å²) in [5.41, 5.74) is 1.95. The smallest absolute Gasteiger partial charge is 0.147 e. The van der Waals surface area contributed by atoms with Gasteiger partial charge in [-0.2, -0.15) is 5.26 Å². The summed E-state index contributed by atoms with van der Waals surface area (Å²) in [6.07, 6.45) is 0. The van der Waals surface area contributed by atoms with Crippen LogP contribution in [-0.2, 0) is 0 Å². The molecule has 2 nitrogen and oxygen atoms in total. The van der Waals surface area contributed by atoms with Crippen LogP contribution in [0.2, 0.25) is 5.15 Å². The van der Waals surface area contributed by atoms with E-state index in [2.05, 4.69) is 11.6 Å². The molecule has 0 spiro atoms. The van der Waals surface area contributed by atoms with E-state index in [9.17, 15) is 0 Å². The largest absolute Gasteiger partial charge is 0.235 e. The average Bonchev–Trinajstić information content (AvgIpc) is 2.04. The molecule has 0 aliphatic carbocycles. The lowest BCUT2D eigenvalue weighted by molar-refractivity contribution is 1.25. The molecule has 0 saturated heterocycles. The van der Waals surface area contributed by atoms with Crippen molar-refractivity contribution in [1.82, 2.24) is 4.98 Å². The molecular formula is C9H7ClN2. The van der Waals surface area contributed by atoms with E-state index in [1.807, 2.05) is 13.0 Å². The molecule has 0 radical (unpaired) electrons. The van der Waals surface area contributed by atoms with Gasteiger partial charge in [-0.1, -0.05) is 18.2 Å². The molecule has 1 rings (SSSR count). The molecule has 0 atom stereocenters. The molecule has 3 heteroatoms. The number of hydrogen-bond donors (Lipinski definition) is 0. The van der Waals surface area contributed by atoms with Gasteiger partial charge in [-0.3, -0.25) is 0 Å². The third-order valence-corrected chi connectivity index (χ3v) is 1.69. The summed E-state index contributed by atoms with van der Waals surface area (Å²) in [5.74, 6) is 0. The first kappa shape index (κ1) is 8.76. The second kappa shape index (κ2) is 3.38. The lowest BCUT2D eigenvalue weighted by atomic mass is 10.2. The van der Waals surface area contributed by atoms with Crippen LogP contribution in [0.5, 0.6) is 0 Å². The first-order chi connectivity index (χ1) is 5.65. The maximum absolute atomic E-state index is 8.55. The van der Waals surface area contributed by atoms with E-state index in [-0.39, 0.29) is 5.15 Å². The van der Waals surface area contributed by atoms with Crippen LogP contribution in [0.25, 0.3) is 5.57 Å². The molecule has 1 heterocycles. The summed E-state index contributed by atoms with van der Waals surface area (Å²) < 4.78 is 0. The molecule has 0 aliphatic rings. The van der Waals surface area contributed by atoms with Gasteiger partial charge in [0.05, 0.1) is 11.3 Å². The molecule has 60 valence electrons. The fourth-order valence-electron chi connectivity index (χ4n) is 0.755. The Balaban J connectivity index is 3.21. The van der Waals surface area contributed by atoms with Crippen molar-refractivity contribution in [3.05, 3.63) is 35.1 Å². The lowest BCUT2D eigenvalue weighted by Crippen LogP contribution is -1.88. The number of aromatic nitrogens is 1. The van der Waals surface area contributed by atoms with Crippen LogP contribution in [0, 0.1) is 11.3 Å². The minimum Gasteiger partial charge on any atom is -0.235 e. The average molecular weight is 179 g/mol. The number of halogens is 1. The van der Waals surface area contributed by atoms with E-state index in [4.69, 9.17) is 16.9 Å². The van der Waals surface area contributed by atoms with Crippen molar-refractivity contribution in [2.24, 2.45) is 0 Å². The minimum absolute atomic E-state index is 0.234. The maximum atomic E-state index is 8.55. The Labute approximate surface area is 76.1 Å². The van der Waals surface area contributed by atoms with Crippen LogP contribution < -0.4 is 0 Å². The highest BCUT2D eigenvalue weighted by atomic mass is 35.5. The summed E-state index contributed by atoms with van der Waals surface area (Å²) in [6, 6.07) is 5.30. The van der Waals surface area contributed by atoms with E-state index in [0.29, 0.717) is 5.56 Å². The number of allylic oxidation sites excluding steroid dienone is 1. The molecule has 1 aromatic heterocycles. The number of hydrogen-bond acceptors (Lipinski definition) is 2. The van der Waals surface area contributed by atoms with Gasteiger partial charge in [0.25, 0.3) is 0 Å². The van der Waals surface area contributed by atoms with Crippen LogP contribution in [0.4, 0.5) is 0 Å². The van der Waals surface area contributed by atoms with Crippen molar-refractivity contribution in [3.8, 4) is 6.07 Å². The summed E-state index contributed by atoms with van der Waals surface area (Å²) in [4.78, 5) is 3.99. The van der Waals surface area contributed by atoms with Gasteiger partial charge in [0.15, 0.2) is 0 Å². The van der Waals surface area contributed by atoms with Gasteiger partial charge in [-0.25, -0.2) is 4.98 Å². The van der Waals surface area contributed by atoms with Crippen LogP contribution >= 0.6 is 11.6 Å². The zero-order valence-corrected chi connectivity index (χ0v) is 7.39. The molecule has 0 saturated carbocycles. The van der Waals surface area contributed by atoms with E-state index >= 15 is 0 Å². The monoisotopic (exact) mass is 178 g/mol. The summed E-state index contributed by atoms with van der Waals surface area (Å²) >= 11 is 5.70. The van der Waals surface area contributed by atoms with Crippen LogP contribution in [-0.4, -0.2) is 4.98 Å². The van der Waals surface area contributed by atoms with Crippen molar-refractivity contribution in [2.75, 3.05) is 0 Å². The number of pyridine rings is 1. The third-order valence-electron chi connectivity index (χ3n) is 1.41. The van der Waals surface area contributed by atoms with E-state index in [1.54, 1.807) is 12.1 Å². The third kappa shape index (κ3) is 1.63. The van der Waals surface area contributed by atoms with E-state index in [0.717, 1.165) is 11.3 Å². The van der Waals surface area contributed by atoms with Gasteiger partial charge in [-0.05, 0) is 24.6 Å². The van der Waals surface area contributed by atoms with Crippen molar-refractivity contribution in [3.63, 3.8) is 0 Å². The molecule has 0 aromatic carbocycles. The van der Waals surface area contributed by atoms with Gasteiger partial charge >= 0.3 is 0 Å². The van der Waals surface area contributed by atoms with Crippen molar-refractivity contribution in [1.29, 1.82) is 5.26 Å². The maximum Gasteiger partial charge on any atom is 0.147 e. The molecular weight excluding hydrogens is 172 g/mol. The Hall–Kier alpha value is -1.33. The quantitative estimate of drug-likeness (QED) is 0.620. The van der Waals surface area contributed by atoms with E-state index in [1.165, 1.54) is 0 Å². The van der Waals surface area contributed by atoms with Crippen LogP contribution in [0.1, 0.15) is 18.2 Å². The van der Waals surface area contributed by atoms with Gasteiger partial charge in [0.2, 0.25) is 0 Å². The molecule has 0 bridgehead atoms. The first-order valence-corrected chi connectivity index (χ1v) is 3.75. The molecule has 0 aliphatic heterocycles. The van der Waals surface area contributed by atoms with Crippen molar-refractivity contribution < 1.29 is 0 Å². The van der Waals surface area contributed by atoms with Crippen LogP contribution in [0.15, 0.2) is 18.7 Å². The summed E-state index contributed by atoms with van der Waals surface area (Å²) in [6.45, 7) is 5.56. The number of nitrogens with zero attached hydrogens (tertiary/aromatic N) is 2. The van der Waals surface area contributed by atoms with Gasteiger partial charge in [0, 0.05) is 0 Å². The van der Waals surface area contributed by atoms with Crippen molar-refractivity contribution >= 4 is 17.2 Å². The fraction of sp³-hybridized carbons (Fsp3) is 0.111. The Bertz CT molecular complexity index is 363. The Morgan fingerprint density at radius 3 is 2.75 bits per heavy atom. The molecule has 0 N–H and O–H groups in total. The minimum atomic E-state index is 0.234. The van der Waals surface area contributed by atoms with E-state index < -0.39 is 0 Å². The normalized spacial score (nSPS) is 9.08. The van der Waals surface area contributed by atoms with Gasteiger partial charge in [0.1, 0.15) is 11.2 Å². The molecule has 0 fully saturated rings. The zero-order chi connectivity index (χ0) is 9.14. The molecule has 0 unspecified atom stereocenters. The highest BCUT2D eigenvalue weighted by Crippen LogP contribution is 2.16. The Morgan fingerprint density at radius 1 is 1.67 bits per heavy atom. The van der Waals surface area contributed by atoms with Crippen LogP contribution in [0.3, 0.4) is 0 Å². The molecule has 12 heavy (non-hydrogen) atoms. The predicted molar refractivity (Wildman–Crippen MR) is 48.7 cm³/mol. The highest BCUT2D eigenvalue weighted by Gasteiger charge is 2.02. The standard InChI is InChI=1S/C9H7ClN2/c1-6(2)8-4-3-7(5-11)9(10)12-8/h3-4H,1H2,2H3. The topological polar surface area (TPSA) is 36.7 Å². The summed E-state index contributed by atoms with van der Waals surface area (Å²) in [7, 11) is 0. The summed E-state index contributed by atoms with van der Waals surface area (Å²) in [5, 5.41) is 8.79. The van der Waals surface area contributed by atoms with Gasteiger partial charge in [-0.15, -0.1) is 0 Å².